The van der Waals surface area contributed by atoms with Crippen molar-refractivity contribution in [1.29, 1.82) is 0 Å². The molecule has 0 unspecified atom stereocenters. The molecule has 1 aliphatic rings. The van der Waals surface area contributed by atoms with Crippen molar-refractivity contribution in [2.24, 2.45) is 0 Å². The Bertz CT molecular complexity index is 1120. The van der Waals surface area contributed by atoms with E-state index in [0.29, 0.717) is 29.4 Å². The van der Waals surface area contributed by atoms with E-state index in [-0.39, 0.29) is 24.7 Å². The Hall–Kier alpha value is -3.02. The van der Waals surface area contributed by atoms with Crippen LogP contribution in [0.2, 0.25) is 5.02 Å². The topological polar surface area (TPSA) is 61.8 Å². The highest BCUT2D eigenvalue weighted by Gasteiger charge is 2.26. The van der Waals surface area contributed by atoms with Crippen LogP contribution in [0, 0.1) is 0 Å². The Morgan fingerprint density at radius 2 is 1.91 bits per heavy atom. The van der Waals surface area contributed by atoms with Crippen molar-refractivity contribution in [3.8, 4) is 16.9 Å². The van der Waals surface area contributed by atoms with E-state index in [2.05, 4.69) is 40.5 Å². The molecule has 2 N–H and O–H groups in total. The Balaban J connectivity index is 1.52. The number of nitrogens with zero attached hydrogens (tertiary/aromatic N) is 1. The number of amides is 1. The van der Waals surface area contributed by atoms with Crippen LogP contribution in [0.25, 0.3) is 11.1 Å². The molecular weight excluding hydrogens is 436 g/mol. The number of rotatable bonds is 7. The molecule has 0 spiro atoms. The first-order valence-electron chi connectivity index (χ1n) is 11.3. The number of carbonyl (C=O) groups is 1. The van der Waals surface area contributed by atoms with Gasteiger partial charge in [-0.2, -0.15) is 0 Å². The molecule has 172 valence electrons. The second kappa shape index (κ2) is 10.3. The summed E-state index contributed by atoms with van der Waals surface area (Å²) in [6.45, 7) is 5.03. The third kappa shape index (κ3) is 5.49. The fraction of sp³-hybridized carbons (Fsp3) is 0.296. The molecule has 1 amide bonds. The van der Waals surface area contributed by atoms with E-state index in [9.17, 15) is 9.90 Å². The fourth-order valence-corrected chi connectivity index (χ4v) is 4.45. The number of nitrogens with one attached hydrogen (secondary N) is 1. The van der Waals surface area contributed by atoms with E-state index in [4.69, 9.17) is 16.3 Å². The number of carbonyl (C=O) groups excluding carboxylic acids is 1. The molecule has 1 heterocycles. The zero-order chi connectivity index (χ0) is 23.4. The maximum Gasteiger partial charge on any atom is 0.251 e. The molecule has 1 atom stereocenters. The van der Waals surface area contributed by atoms with Crippen LogP contribution in [0.15, 0.2) is 66.7 Å². The van der Waals surface area contributed by atoms with Crippen LogP contribution in [0.1, 0.15) is 29.8 Å². The van der Waals surface area contributed by atoms with Crippen molar-refractivity contribution in [3.63, 3.8) is 0 Å². The SMILES string of the molecule is CC(C)Oc1ccc(C(=O)N[C@H]2Cc3ccc(-c4ccccc4)cc3N(CCO)C2)cc1Cl. The summed E-state index contributed by atoms with van der Waals surface area (Å²) in [5.74, 6) is 0.393. The molecule has 4 rings (SSSR count). The van der Waals surface area contributed by atoms with Gasteiger partial charge in [-0.15, -0.1) is 0 Å². The number of hydrogen-bond acceptors (Lipinski definition) is 4. The van der Waals surface area contributed by atoms with Crippen molar-refractivity contribution in [3.05, 3.63) is 82.9 Å². The molecule has 0 aromatic heterocycles. The van der Waals surface area contributed by atoms with Gasteiger partial charge in [-0.25, -0.2) is 0 Å². The monoisotopic (exact) mass is 464 g/mol. The third-order valence-electron chi connectivity index (χ3n) is 5.70. The molecule has 0 saturated heterocycles. The number of aliphatic hydroxyl groups is 1. The molecule has 3 aromatic rings. The smallest absolute Gasteiger partial charge is 0.251 e. The van der Waals surface area contributed by atoms with Gasteiger partial charge >= 0.3 is 0 Å². The van der Waals surface area contributed by atoms with Gasteiger partial charge in [0.1, 0.15) is 5.75 Å². The first kappa shape index (κ1) is 23.1. The maximum atomic E-state index is 12.9. The minimum atomic E-state index is -0.175. The first-order chi connectivity index (χ1) is 15.9. The highest BCUT2D eigenvalue weighted by atomic mass is 35.5. The van der Waals surface area contributed by atoms with Crippen LogP contribution in [0.3, 0.4) is 0 Å². The molecule has 0 aliphatic carbocycles. The van der Waals surface area contributed by atoms with Gasteiger partial charge in [0.05, 0.1) is 23.8 Å². The number of benzene rings is 3. The molecular formula is C27H29ClN2O3. The first-order valence-corrected chi connectivity index (χ1v) is 11.6. The predicted molar refractivity (Wildman–Crippen MR) is 133 cm³/mol. The van der Waals surface area contributed by atoms with Gasteiger partial charge in [-0.1, -0.05) is 54.1 Å². The summed E-state index contributed by atoms with van der Waals surface area (Å²) >= 11 is 6.32. The highest BCUT2D eigenvalue weighted by Crippen LogP contribution is 2.32. The lowest BCUT2D eigenvalue weighted by molar-refractivity contribution is 0.0937. The highest BCUT2D eigenvalue weighted by molar-refractivity contribution is 6.32. The van der Waals surface area contributed by atoms with Crippen LogP contribution in [0.5, 0.6) is 5.75 Å². The molecule has 0 fully saturated rings. The zero-order valence-electron chi connectivity index (χ0n) is 18.9. The van der Waals surface area contributed by atoms with Crippen molar-refractivity contribution < 1.29 is 14.6 Å². The minimum Gasteiger partial charge on any atom is -0.489 e. The Morgan fingerprint density at radius 1 is 1.12 bits per heavy atom. The summed E-state index contributed by atoms with van der Waals surface area (Å²) < 4.78 is 5.66. The number of hydrogen-bond donors (Lipinski definition) is 2. The largest absolute Gasteiger partial charge is 0.489 e. The van der Waals surface area contributed by atoms with E-state index >= 15 is 0 Å². The van der Waals surface area contributed by atoms with Crippen LogP contribution >= 0.6 is 11.6 Å². The minimum absolute atomic E-state index is 0.00407. The Labute approximate surface area is 200 Å². The van der Waals surface area contributed by atoms with E-state index in [1.54, 1.807) is 18.2 Å². The summed E-state index contributed by atoms with van der Waals surface area (Å²) in [6.07, 6.45) is 0.727. The van der Waals surface area contributed by atoms with Gasteiger partial charge in [0.15, 0.2) is 0 Å². The number of fused-ring (bicyclic) bond motifs is 1. The van der Waals surface area contributed by atoms with Crippen molar-refractivity contribution in [2.75, 3.05) is 24.6 Å². The predicted octanol–water partition coefficient (Wildman–Crippen LogP) is 4.95. The molecule has 33 heavy (non-hydrogen) atoms. The van der Waals surface area contributed by atoms with Crippen LogP contribution in [-0.2, 0) is 6.42 Å². The normalized spacial score (nSPS) is 15.3. The number of halogens is 1. The molecule has 0 saturated carbocycles. The van der Waals surface area contributed by atoms with Gasteiger partial charge < -0.3 is 20.1 Å². The zero-order valence-corrected chi connectivity index (χ0v) is 19.7. The summed E-state index contributed by atoms with van der Waals surface area (Å²) in [5, 5.41) is 13.2. The average Bonchev–Trinajstić information content (AvgIpc) is 2.80. The molecule has 5 nitrogen and oxygen atoms in total. The van der Waals surface area contributed by atoms with Gasteiger partial charge in [-0.05, 0) is 61.2 Å². The molecule has 1 aliphatic heterocycles. The fourth-order valence-electron chi connectivity index (χ4n) is 4.22. The number of ether oxygens (including phenoxy) is 1. The molecule has 3 aromatic carbocycles. The van der Waals surface area contributed by atoms with Crippen molar-refractivity contribution >= 4 is 23.2 Å². The van der Waals surface area contributed by atoms with Crippen molar-refractivity contribution in [1.82, 2.24) is 5.32 Å². The van der Waals surface area contributed by atoms with Gasteiger partial charge in [0.25, 0.3) is 5.91 Å². The third-order valence-corrected chi connectivity index (χ3v) is 6.00. The van der Waals surface area contributed by atoms with E-state index in [1.807, 2.05) is 32.0 Å². The van der Waals surface area contributed by atoms with Crippen LogP contribution in [-0.4, -0.2) is 42.9 Å². The quantitative estimate of drug-likeness (QED) is 0.519. The van der Waals surface area contributed by atoms with E-state index < -0.39 is 0 Å². The average molecular weight is 465 g/mol. The second-order valence-electron chi connectivity index (χ2n) is 8.57. The standard InChI is InChI=1S/C27H29ClN2O3/c1-18(2)33-26-11-10-22(15-24(26)28)27(32)29-23-14-21-9-8-20(19-6-4-3-5-7-19)16-25(21)30(17-23)12-13-31/h3-11,15-16,18,23,31H,12-14,17H2,1-2H3,(H,29,32)/t23-/m0/s1. The number of aliphatic hydroxyl groups excluding tert-OH is 1. The number of anilines is 1. The lowest BCUT2D eigenvalue weighted by Gasteiger charge is -2.36. The maximum absolute atomic E-state index is 12.9. The van der Waals surface area contributed by atoms with E-state index in [1.165, 1.54) is 0 Å². The van der Waals surface area contributed by atoms with Crippen molar-refractivity contribution in [2.45, 2.75) is 32.4 Å². The van der Waals surface area contributed by atoms with Crippen LogP contribution < -0.4 is 15.0 Å². The van der Waals surface area contributed by atoms with Gasteiger partial charge in [-0.3, -0.25) is 4.79 Å². The summed E-state index contributed by atoms with van der Waals surface area (Å²) in [7, 11) is 0. The molecule has 6 heteroatoms. The second-order valence-corrected chi connectivity index (χ2v) is 8.97. The Kier molecular flexibility index (Phi) is 7.21. The summed E-state index contributed by atoms with van der Waals surface area (Å²) in [4.78, 5) is 15.1. The lowest BCUT2D eigenvalue weighted by Crippen LogP contribution is -2.49. The lowest BCUT2D eigenvalue weighted by atomic mass is 9.94. The van der Waals surface area contributed by atoms with Gasteiger partial charge in [0, 0.05) is 24.3 Å². The van der Waals surface area contributed by atoms with Gasteiger partial charge in [0.2, 0.25) is 0 Å². The van der Waals surface area contributed by atoms with Crippen LogP contribution in [0.4, 0.5) is 5.69 Å². The molecule has 0 bridgehead atoms. The Morgan fingerprint density at radius 3 is 2.61 bits per heavy atom. The number of β-amino-alcohol motifs (C(OH)–C–C–N with tert-alkyl or cyclic N) is 1. The summed E-state index contributed by atoms with van der Waals surface area (Å²) in [5.41, 5.74) is 5.04. The molecule has 0 radical (unpaired) electrons. The van der Waals surface area contributed by atoms with E-state index in [0.717, 1.165) is 28.8 Å². The summed E-state index contributed by atoms with van der Waals surface area (Å²) in [6, 6.07) is 21.7.